The molecule has 1 aliphatic heterocycles. The summed E-state index contributed by atoms with van der Waals surface area (Å²) in [6.45, 7) is 2.29. The first-order chi connectivity index (χ1) is 9.70. The van der Waals surface area contributed by atoms with Crippen LogP contribution in [-0.4, -0.2) is 24.2 Å². The van der Waals surface area contributed by atoms with E-state index < -0.39 is 6.09 Å². The van der Waals surface area contributed by atoms with Crippen molar-refractivity contribution in [3.63, 3.8) is 0 Å². The molecule has 0 aliphatic carbocycles. The highest BCUT2D eigenvalue weighted by Gasteiger charge is 2.19. The fourth-order valence-corrected chi connectivity index (χ4v) is 3.40. The number of amides is 1. The predicted molar refractivity (Wildman–Crippen MR) is 81.0 cm³/mol. The van der Waals surface area contributed by atoms with Crippen LogP contribution >= 0.6 is 11.8 Å². The van der Waals surface area contributed by atoms with Gasteiger partial charge in [-0.1, -0.05) is 13.0 Å². The second-order valence-electron chi connectivity index (χ2n) is 4.88. The number of carbonyl (C=O) groups is 1. The lowest BCUT2D eigenvalue weighted by atomic mass is 9.93. The number of rotatable bonds is 4. The summed E-state index contributed by atoms with van der Waals surface area (Å²) in [6, 6.07) is 4.91. The molecule has 1 N–H and O–H groups in total. The number of thioether (sulfide) groups is 1. The van der Waals surface area contributed by atoms with Crippen LogP contribution in [0.5, 0.6) is 0 Å². The van der Waals surface area contributed by atoms with E-state index in [1.165, 1.54) is 6.07 Å². The molecule has 0 bridgehead atoms. The SMILES string of the molecule is CCCOC(=O)Nc1ccc(C2CCSCC2)c(F)c1. The van der Waals surface area contributed by atoms with E-state index in [1.54, 1.807) is 12.1 Å². The molecule has 5 heteroatoms. The number of ether oxygens (including phenoxy) is 1. The normalized spacial score (nSPS) is 15.9. The molecule has 3 nitrogen and oxygen atoms in total. The van der Waals surface area contributed by atoms with E-state index >= 15 is 0 Å². The van der Waals surface area contributed by atoms with Crippen molar-refractivity contribution in [1.29, 1.82) is 0 Å². The van der Waals surface area contributed by atoms with Crippen LogP contribution in [0.25, 0.3) is 0 Å². The summed E-state index contributed by atoms with van der Waals surface area (Å²) in [4.78, 5) is 11.4. The highest BCUT2D eigenvalue weighted by Crippen LogP contribution is 2.33. The zero-order chi connectivity index (χ0) is 14.4. The Balaban J connectivity index is 1.99. The minimum absolute atomic E-state index is 0.241. The van der Waals surface area contributed by atoms with Gasteiger partial charge in [0.1, 0.15) is 5.82 Å². The lowest BCUT2D eigenvalue weighted by Gasteiger charge is -2.22. The van der Waals surface area contributed by atoms with Gasteiger partial charge in [0.2, 0.25) is 0 Å². The molecule has 1 aliphatic rings. The summed E-state index contributed by atoms with van der Waals surface area (Å²) < 4.78 is 19.0. The van der Waals surface area contributed by atoms with Gasteiger partial charge in [-0.15, -0.1) is 0 Å². The smallest absolute Gasteiger partial charge is 0.411 e. The van der Waals surface area contributed by atoms with Crippen molar-refractivity contribution >= 4 is 23.5 Å². The van der Waals surface area contributed by atoms with Crippen molar-refractivity contribution < 1.29 is 13.9 Å². The van der Waals surface area contributed by atoms with Gasteiger partial charge in [0, 0.05) is 5.69 Å². The van der Waals surface area contributed by atoms with Crippen LogP contribution in [0.1, 0.15) is 37.7 Å². The second kappa shape index (κ2) is 7.53. The van der Waals surface area contributed by atoms with Gasteiger partial charge < -0.3 is 4.74 Å². The Morgan fingerprint density at radius 1 is 1.45 bits per heavy atom. The van der Waals surface area contributed by atoms with Gasteiger partial charge in [0.05, 0.1) is 6.61 Å². The van der Waals surface area contributed by atoms with Crippen LogP contribution in [0.15, 0.2) is 18.2 Å². The minimum atomic E-state index is -0.534. The number of anilines is 1. The molecule has 1 fully saturated rings. The van der Waals surface area contributed by atoms with Crippen molar-refractivity contribution in [2.75, 3.05) is 23.4 Å². The topological polar surface area (TPSA) is 38.3 Å². The van der Waals surface area contributed by atoms with Crippen molar-refractivity contribution in [2.45, 2.75) is 32.1 Å². The molecular formula is C15H20FNO2S. The van der Waals surface area contributed by atoms with Gasteiger partial charge in [-0.25, -0.2) is 9.18 Å². The first-order valence-corrected chi connectivity index (χ1v) is 8.17. The molecular weight excluding hydrogens is 277 g/mol. The van der Waals surface area contributed by atoms with Gasteiger partial charge in [-0.2, -0.15) is 11.8 Å². The summed E-state index contributed by atoms with van der Waals surface area (Å²) >= 11 is 1.92. The van der Waals surface area contributed by atoms with Gasteiger partial charge in [-0.3, -0.25) is 5.32 Å². The lowest BCUT2D eigenvalue weighted by molar-refractivity contribution is 0.161. The van der Waals surface area contributed by atoms with Gasteiger partial charge >= 0.3 is 6.09 Å². The molecule has 1 saturated heterocycles. The Labute approximate surface area is 123 Å². The molecule has 1 aromatic rings. The Kier molecular flexibility index (Phi) is 5.71. The maximum absolute atomic E-state index is 14.1. The summed E-state index contributed by atoms with van der Waals surface area (Å²) in [7, 11) is 0. The van der Waals surface area contributed by atoms with Crippen LogP contribution in [0, 0.1) is 5.82 Å². The van der Waals surface area contributed by atoms with Gasteiger partial charge in [-0.05, 0) is 54.4 Å². The number of hydrogen-bond acceptors (Lipinski definition) is 3. The molecule has 110 valence electrons. The van der Waals surface area contributed by atoms with Crippen molar-refractivity contribution in [3.8, 4) is 0 Å². The Morgan fingerprint density at radius 2 is 2.20 bits per heavy atom. The molecule has 2 rings (SSSR count). The van der Waals surface area contributed by atoms with Crippen LogP contribution < -0.4 is 5.32 Å². The summed E-state index contributed by atoms with van der Waals surface area (Å²) in [6.07, 6.45) is 2.27. The molecule has 0 spiro atoms. The molecule has 0 aromatic heterocycles. The number of halogens is 1. The molecule has 1 amide bonds. The van der Waals surface area contributed by atoms with Crippen molar-refractivity contribution in [1.82, 2.24) is 0 Å². The Morgan fingerprint density at radius 3 is 2.85 bits per heavy atom. The fraction of sp³-hybridized carbons (Fsp3) is 0.533. The monoisotopic (exact) mass is 297 g/mol. The Bertz CT molecular complexity index is 461. The van der Waals surface area contributed by atoms with E-state index in [2.05, 4.69) is 5.32 Å². The molecule has 1 aromatic carbocycles. The van der Waals surface area contributed by atoms with E-state index in [0.717, 1.165) is 36.3 Å². The third-order valence-electron chi connectivity index (χ3n) is 3.35. The molecule has 0 saturated carbocycles. The van der Waals surface area contributed by atoms with Crippen molar-refractivity contribution in [2.24, 2.45) is 0 Å². The summed E-state index contributed by atoms with van der Waals surface area (Å²) in [5.41, 5.74) is 1.20. The summed E-state index contributed by atoms with van der Waals surface area (Å²) in [5.74, 6) is 2.24. The quantitative estimate of drug-likeness (QED) is 0.895. The van der Waals surface area contributed by atoms with E-state index in [0.29, 0.717) is 18.2 Å². The molecule has 20 heavy (non-hydrogen) atoms. The zero-order valence-electron chi connectivity index (χ0n) is 11.7. The van der Waals surface area contributed by atoms with Crippen molar-refractivity contribution in [3.05, 3.63) is 29.6 Å². The third-order valence-corrected chi connectivity index (χ3v) is 4.39. The van der Waals surface area contributed by atoms with Gasteiger partial charge in [0.25, 0.3) is 0 Å². The van der Waals surface area contributed by atoms with E-state index in [1.807, 2.05) is 18.7 Å². The molecule has 0 atom stereocenters. The van der Waals surface area contributed by atoms with Gasteiger partial charge in [0.15, 0.2) is 0 Å². The summed E-state index contributed by atoms with van der Waals surface area (Å²) in [5, 5.41) is 2.54. The van der Waals surface area contributed by atoms with E-state index in [9.17, 15) is 9.18 Å². The zero-order valence-corrected chi connectivity index (χ0v) is 12.5. The molecule has 0 radical (unpaired) electrons. The van der Waals surface area contributed by atoms with E-state index in [4.69, 9.17) is 4.74 Å². The van der Waals surface area contributed by atoms with Crippen LogP contribution in [0.2, 0.25) is 0 Å². The van der Waals surface area contributed by atoms with E-state index in [-0.39, 0.29) is 5.82 Å². The van der Waals surface area contributed by atoms with Crippen LogP contribution in [-0.2, 0) is 4.74 Å². The molecule has 1 heterocycles. The van der Waals surface area contributed by atoms with Crippen LogP contribution in [0.4, 0.5) is 14.9 Å². The highest BCUT2D eigenvalue weighted by molar-refractivity contribution is 7.99. The first-order valence-electron chi connectivity index (χ1n) is 7.01. The third kappa shape index (κ3) is 4.13. The minimum Gasteiger partial charge on any atom is -0.449 e. The second-order valence-corrected chi connectivity index (χ2v) is 6.11. The number of benzene rings is 1. The average Bonchev–Trinajstić information content (AvgIpc) is 2.46. The Hall–Kier alpha value is -1.23. The average molecular weight is 297 g/mol. The fourth-order valence-electron chi connectivity index (χ4n) is 2.29. The number of hydrogen-bond donors (Lipinski definition) is 1. The highest BCUT2D eigenvalue weighted by atomic mass is 32.2. The maximum Gasteiger partial charge on any atom is 0.411 e. The maximum atomic E-state index is 14.1. The molecule has 0 unspecified atom stereocenters. The lowest BCUT2D eigenvalue weighted by Crippen LogP contribution is -2.15. The number of carbonyl (C=O) groups excluding carboxylic acids is 1. The predicted octanol–water partition coefficient (Wildman–Crippen LogP) is 4.39. The largest absolute Gasteiger partial charge is 0.449 e. The van der Waals surface area contributed by atoms with Crippen LogP contribution in [0.3, 0.4) is 0 Å². The number of nitrogens with one attached hydrogen (secondary N) is 1. The standard InChI is InChI=1S/C15H20FNO2S/c1-2-7-19-15(18)17-12-3-4-13(14(16)10-12)11-5-8-20-9-6-11/h3-4,10-11H,2,5-9H2,1H3,(H,17,18). The first kappa shape index (κ1) is 15.2.